The summed E-state index contributed by atoms with van der Waals surface area (Å²) >= 11 is 0. The number of hydrogen-bond donors (Lipinski definition) is 0. The van der Waals surface area contributed by atoms with Crippen molar-refractivity contribution in [1.29, 1.82) is 0 Å². The zero-order chi connectivity index (χ0) is 19.5. The number of carbonyl (C=O) groups is 1. The van der Waals surface area contributed by atoms with Crippen molar-refractivity contribution >= 4 is 11.6 Å². The van der Waals surface area contributed by atoms with Gasteiger partial charge in [-0.3, -0.25) is 4.79 Å². The fourth-order valence-corrected chi connectivity index (χ4v) is 3.63. The Bertz CT molecular complexity index is 958. The Morgan fingerprint density at radius 2 is 1.71 bits per heavy atom. The first kappa shape index (κ1) is 18.2. The molecule has 1 aliphatic rings. The molecular formula is C22H25N5O. The highest BCUT2D eigenvalue weighted by Gasteiger charge is 2.25. The van der Waals surface area contributed by atoms with E-state index in [0.717, 1.165) is 18.7 Å². The van der Waals surface area contributed by atoms with E-state index in [2.05, 4.69) is 47.3 Å². The van der Waals surface area contributed by atoms with Crippen molar-refractivity contribution in [3.8, 4) is 0 Å². The number of nitrogens with zero attached hydrogens (tertiary/aromatic N) is 5. The molecule has 2 aromatic carbocycles. The highest BCUT2D eigenvalue weighted by molar-refractivity contribution is 5.92. The SMILES string of the molecule is Cc1cccc(N2CCN(C(=O)c3cn(Cc4ccccc4)nn3)CC2)c1C. The normalized spacial score (nSPS) is 14.4. The molecule has 2 heterocycles. The summed E-state index contributed by atoms with van der Waals surface area (Å²) in [6, 6.07) is 16.4. The molecular weight excluding hydrogens is 350 g/mol. The van der Waals surface area contributed by atoms with Crippen LogP contribution in [0.25, 0.3) is 0 Å². The average molecular weight is 375 g/mol. The number of carbonyl (C=O) groups excluding carboxylic acids is 1. The molecule has 0 unspecified atom stereocenters. The Morgan fingerprint density at radius 3 is 2.46 bits per heavy atom. The highest BCUT2D eigenvalue weighted by atomic mass is 16.2. The minimum atomic E-state index is -0.0417. The second-order valence-electron chi connectivity index (χ2n) is 7.29. The van der Waals surface area contributed by atoms with Crippen LogP contribution in [0.4, 0.5) is 5.69 Å². The van der Waals surface area contributed by atoms with Crippen molar-refractivity contribution in [3.05, 3.63) is 77.1 Å². The van der Waals surface area contributed by atoms with E-state index in [9.17, 15) is 4.79 Å². The number of anilines is 1. The van der Waals surface area contributed by atoms with Gasteiger partial charge in [0.1, 0.15) is 0 Å². The predicted molar refractivity (Wildman–Crippen MR) is 110 cm³/mol. The number of rotatable bonds is 4. The molecule has 1 saturated heterocycles. The fraction of sp³-hybridized carbons (Fsp3) is 0.318. The number of aryl methyl sites for hydroxylation is 1. The van der Waals surface area contributed by atoms with Gasteiger partial charge in [0.25, 0.3) is 5.91 Å². The molecule has 4 rings (SSSR count). The quantitative estimate of drug-likeness (QED) is 0.704. The predicted octanol–water partition coefficient (Wildman–Crippen LogP) is 2.91. The molecule has 6 heteroatoms. The van der Waals surface area contributed by atoms with Crippen LogP contribution in [0.5, 0.6) is 0 Å². The molecule has 0 atom stereocenters. The molecule has 6 nitrogen and oxygen atoms in total. The number of aromatic nitrogens is 3. The summed E-state index contributed by atoms with van der Waals surface area (Å²) < 4.78 is 1.72. The van der Waals surface area contributed by atoms with Crippen molar-refractivity contribution in [2.24, 2.45) is 0 Å². The first-order valence-electron chi connectivity index (χ1n) is 9.66. The van der Waals surface area contributed by atoms with Gasteiger partial charge in [-0.05, 0) is 36.6 Å². The van der Waals surface area contributed by atoms with Crippen LogP contribution in [0.3, 0.4) is 0 Å². The van der Waals surface area contributed by atoms with E-state index in [0.29, 0.717) is 25.3 Å². The van der Waals surface area contributed by atoms with Gasteiger partial charge in [-0.2, -0.15) is 0 Å². The molecule has 0 radical (unpaired) electrons. The van der Waals surface area contributed by atoms with Gasteiger partial charge in [0.15, 0.2) is 5.69 Å². The zero-order valence-corrected chi connectivity index (χ0v) is 16.4. The summed E-state index contributed by atoms with van der Waals surface area (Å²) in [7, 11) is 0. The second-order valence-corrected chi connectivity index (χ2v) is 7.29. The molecule has 0 spiro atoms. The topological polar surface area (TPSA) is 54.3 Å². The number of piperazine rings is 1. The lowest BCUT2D eigenvalue weighted by molar-refractivity contribution is 0.0740. The van der Waals surface area contributed by atoms with Crippen molar-refractivity contribution in [2.45, 2.75) is 20.4 Å². The number of amides is 1. The Morgan fingerprint density at radius 1 is 0.964 bits per heavy atom. The van der Waals surface area contributed by atoms with E-state index in [1.54, 1.807) is 10.9 Å². The summed E-state index contributed by atoms with van der Waals surface area (Å²) in [4.78, 5) is 17.1. The van der Waals surface area contributed by atoms with E-state index in [1.165, 1.54) is 16.8 Å². The molecule has 1 fully saturated rings. The first-order valence-corrected chi connectivity index (χ1v) is 9.66. The van der Waals surface area contributed by atoms with Gasteiger partial charge in [-0.25, -0.2) is 4.68 Å². The van der Waals surface area contributed by atoms with E-state index in [4.69, 9.17) is 0 Å². The highest BCUT2D eigenvalue weighted by Crippen LogP contribution is 2.24. The second kappa shape index (κ2) is 7.84. The average Bonchev–Trinajstić information content (AvgIpc) is 3.19. The van der Waals surface area contributed by atoms with Crippen molar-refractivity contribution < 1.29 is 4.79 Å². The summed E-state index contributed by atoms with van der Waals surface area (Å²) in [5.41, 5.74) is 5.42. The molecule has 0 N–H and O–H groups in total. The maximum atomic E-state index is 12.8. The van der Waals surface area contributed by atoms with Crippen molar-refractivity contribution in [1.82, 2.24) is 19.9 Å². The monoisotopic (exact) mass is 375 g/mol. The van der Waals surface area contributed by atoms with Crippen LogP contribution in [0.15, 0.2) is 54.7 Å². The Hall–Kier alpha value is -3.15. The van der Waals surface area contributed by atoms with Gasteiger partial charge in [-0.1, -0.05) is 47.7 Å². The third-order valence-electron chi connectivity index (χ3n) is 5.43. The van der Waals surface area contributed by atoms with E-state index in [1.807, 2.05) is 35.2 Å². The summed E-state index contributed by atoms with van der Waals surface area (Å²) in [5.74, 6) is -0.0417. The molecule has 144 valence electrons. The van der Waals surface area contributed by atoms with Gasteiger partial charge in [0.2, 0.25) is 0 Å². The van der Waals surface area contributed by atoms with Gasteiger partial charge < -0.3 is 9.80 Å². The largest absolute Gasteiger partial charge is 0.368 e. The van der Waals surface area contributed by atoms with Crippen LogP contribution in [0, 0.1) is 13.8 Å². The number of benzene rings is 2. The Balaban J connectivity index is 1.38. The molecule has 1 aliphatic heterocycles. The van der Waals surface area contributed by atoms with E-state index in [-0.39, 0.29) is 5.91 Å². The van der Waals surface area contributed by atoms with Gasteiger partial charge in [0.05, 0.1) is 12.7 Å². The van der Waals surface area contributed by atoms with E-state index < -0.39 is 0 Å². The maximum Gasteiger partial charge on any atom is 0.276 e. The molecule has 3 aromatic rings. The zero-order valence-electron chi connectivity index (χ0n) is 16.4. The van der Waals surface area contributed by atoms with E-state index >= 15 is 0 Å². The van der Waals surface area contributed by atoms with Crippen molar-refractivity contribution in [3.63, 3.8) is 0 Å². The molecule has 28 heavy (non-hydrogen) atoms. The van der Waals surface area contributed by atoms with Crippen LogP contribution < -0.4 is 4.90 Å². The summed E-state index contributed by atoms with van der Waals surface area (Å²) in [6.45, 7) is 7.95. The van der Waals surface area contributed by atoms with Gasteiger partial charge >= 0.3 is 0 Å². The third kappa shape index (κ3) is 3.76. The van der Waals surface area contributed by atoms with Gasteiger partial charge in [-0.15, -0.1) is 5.10 Å². The standard InChI is InChI=1S/C22H25N5O/c1-17-7-6-10-21(18(17)2)25-11-13-26(14-12-25)22(28)20-16-27(24-23-20)15-19-8-4-3-5-9-19/h3-10,16H,11-15H2,1-2H3. The third-order valence-corrected chi connectivity index (χ3v) is 5.43. The lowest BCUT2D eigenvalue weighted by Gasteiger charge is -2.36. The van der Waals surface area contributed by atoms with Crippen LogP contribution in [0.1, 0.15) is 27.2 Å². The molecule has 0 saturated carbocycles. The van der Waals surface area contributed by atoms with Crippen LogP contribution in [0.2, 0.25) is 0 Å². The maximum absolute atomic E-state index is 12.8. The smallest absolute Gasteiger partial charge is 0.276 e. The molecule has 1 amide bonds. The fourth-order valence-electron chi connectivity index (χ4n) is 3.63. The lowest BCUT2D eigenvalue weighted by Crippen LogP contribution is -2.49. The van der Waals surface area contributed by atoms with Crippen LogP contribution in [-0.2, 0) is 6.54 Å². The summed E-state index contributed by atoms with van der Waals surface area (Å²) in [5, 5.41) is 8.22. The molecule has 0 bridgehead atoms. The minimum Gasteiger partial charge on any atom is -0.368 e. The summed E-state index contributed by atoms with van der Waals surface area (Å²) in [6.07, 6.45) is 1.74. The minimum absolute atomic E-state index is 0.0417. The Labute approximate surface area is 165 Å². The lowest BCUT2D eigenvalue weighted by atomic mass is 10.1. The Kier molecular flexibility index (Phi) is 5.10. The molecule has 1 aromatic heterocycles. The van der Waals surface area contributed by atoms with Gasteiger partial charge in [0, 0.05) is 31.9 Å². The van der Waals surface area contributed by atoms with Crippen LogP contribution in [-0.4, -0.2) is 52.0 Å². The molecule has 0 aliphatic carbocycles. The number of hydrogen-bond acceptors (Lipinski definition) is 4. The first-order chi connectivity index (χ1) is 13.6. The van der Waals surface area contributed by atoms with Crippen molar-refractivity contribution in [2.75, 3.05) is 31.1 Å². The van der Waals surface area contributed by atoms with Crippen LogP contribution >= 0.6 is 0 Å².